The maximum absolute atomic E-state index is 13.0. The van der Waals surface area contributed by atoms with Gasteiger partial charge in [0.05, 0.1) is 11.1 Å². The normalized spacial score (nSPS) is 15.4. The van der Waals surface area contributed by atoms with Crippen LogP contribution in [0.25, 0.3) is 11.3 Å². The first-order valence-corrected chi connectivity index (χ1v) is 10.4. The molecule has 1 aliphatic rings. The van der Waals surface area contributed by atoms with Gasteiger partial charge < -0.3 is 14.2 Å². The number of halogens is 6. The number of carbonyl (C=O) groups excluding carboxylic acids is 1. The van der Waals surface area contributed by atoms with Crippen molar-refractivity contribution in [3.8, 4) is 11.3 Å². The predicted molar refractivity (Wildman–Crippen MR) is 111 cm³/mol. The molecule has 2 aromatic heterocycles. The third-order valence-corrected chi connectivity index (χ3v) is 5.47. The molecule has 3 heterocycles. The second-order valence-electron chi connectivity index (χ2n) is 7.78. The van der Waals surface area contributed by atoms with E-state index >= 15 is 0 Å². The molecule has 1 amide bonds. The number of pyridine rings is 1. The molecule has 180 valence electrons. The average molecular weight is 483 g/mol. The topological polar surface area (TPSA) is 49.6 Å². The summed E-state index contributed by atoms with van der Waals surface area (Å²) in [6.07, 6.45) is -7.64. The summed E-state index contributed by atoms with van der Waals surface area (Å²) in [6, 6.07) is 9.75. The summed E-state index contributed by atoms with van der Waals surface area (Å²) in [6.45, 7) is 1.51. The molecule has 1 aliphatic heterocycles. The zero-order valence-corrected chi connectivity index (χ0v) is 17.7. The van der Waals surface area contributed by atoms with Gasteiger partial charge in [0.25, 0.3) is 5.91 Å². The van der Waals surface area contributed by atoms with Crippen molar-refractivity contribution in [1.82, 2.24) is 9.88 Å². The monoisotopic (exact) mass is 483 g/mol. The fourth-order valence-electron chi connectivity index (χ4n) is 3.70. The highest BCUT2D eigenvalue weighted by Gasteiger charge is 2.32. The minimum atomic E-state index is -4.50. The molecule has 3 aromatic rings. The van der Waals surface area contributed by atoms with Gasteiger partial charge >= 0.3 is 12.4 Å². The highest BCUT2D eigenvalue weighted by atomic mass is 19.4. The zero-order chi connectivity index (χ0) is 24.5. The number of aromatic nitrogens is 1. The lowest BCUT2D eigenvalue weighted by Gasteiger charge is -2.22. The van der Waals surface area contributed by atoms with Crippen LogP contribution in [0.3, 0.4) is 0 Å². The van der Waals surface area contributed by atoms with E-state index in [1.165, 1.54) is 30.3 Å². The van der Waals surface area contributed by atoms with Crippen LogP contribution >= 0.6 is 0 Å². The number of amides is 1. The molecule has 0 unspecified atom stereocenters. The van der Waals surface area contributed by atoms with E-state index in [0.717, 1.165) is 24.4 Å². The lowest BCUT2D eigenvalue weighted by molar-refractivity contribution is -0.138. The number of anilines is 1. The molecule has 0 radical (unpaired) electrons. The Hall–Kier alpha value is -3.50. The predicted octanol–water partition coefficient (Wildman–Crippen LogP) is 5.73. The number of nitrogens with zero attached hydrogens (tertiary/aromatic N) is 3. The molecule has 0 aliphatic carbocycles. The van der Waals surface area contributed by atoms with Crippen LogP contribution in [-0.4, -0.2) is 42.0 Å². The van der Waals surface area contributed by atoms with Crippen molar-refractivity contribution in [3.63, 3.8) is 0 Å². The van der Waals surface area contributed by atoms with Crippen molar-refractivity contribution in [2.75, 3.05) is 31.1 Å². The van der Waals surface area contributed by atoms with Crippen molar-refractivity contribution in [2.45, 2.75) is 18.8 Å². The number of alkyl halides is 6. The first-order valence-electron chi connectivity index (χ1n) is 10.4. The fraction of sp³-hybridized carbons (Fsp3) is 0.304. The van der Waals surface area contributed by atoms with Crippen molar-refractivity contribution < 1.29 is 35.6 Å². The summed E-state index contributed by atoms with van der Waals surface area (Å²) in [7, 11) is 0. The summed E-state index contributed by atoms with van der Waals surface area (Å²) in [5.41, 5.74) is -1.46. The SMILES string of the molecule is O=C(c1ccc(-c2cccc(C(F)(F)F)c2)o1)N1CCCN(c2ccc(C(F)(F)F)cn2)CC1. The Morgan fingerprint density at radius 1 is 0.853 bits per heavy atom. The first-order chi connectivity index (χ1) is 16.0. The van der Waals surface area contributed by atoms with Crippen molar-refractivity contribution >= 4 is 11.7 Å². The van der Waals surface area contributed by atoms with Crippen LogP contribution in [-0.2, 0) is 12.4 Å². The van der Waals surface area contributed by atoms with Gasteiger partial charge in [0.15, 0.2) is 5.76 Å². The number of hydrogen-bond donors (Lipinski definition) is 0. The molecule has 0 spiro atoms. The molecule has 1 saturated heterocycles. The van der Waals surface area contributed by atoms with E-state index < -0.39 is 29.4 Å². The summed E-state index contributed by atoms with van der Waals surface area (Å²) in [5.74, 6) is 0.0981. The lowest BCUT2D eigenvalue weighted by atomic mass is 10.1. The largest absolute Gasteiger partial charge is 0.451 e. The quantitative estimate of drug-likeness (QED) is 0.447. The van der Waals surface area contributed by atoms with Crippen LogP contribution in [0, 0.1) is 0 Å². The smallest absolute Gasteiger partial charge is 0.417 e. The third kappa shape index (κ3) is 5.18. The van der Waals surface area contributed by atoms with Crippen molar-refractivity contribution in [3.05, 3.63) is 71.6 Å². The Morgan fingerprint density at radius 3 is 2.29 bits per heavy atom. The van der Waals surface area contributed by atoms with Gasteiger partial charge in [-0.15, -0.1) is 0 Å². The van der Waals surface area contributed by atoms with Crippen LogP contribution in [0.15, 0.2) is 59.1 Å². The number of rotatable bonds is 3. The van der Waals surface area contributed by atoms with Gasteiger partial charge in [-0.05, 0) is 42.8 Å². The summed E-state index contributed by atoms with van der Waals surface area (Å²) >= 11 is 0. The molecular weight excluding hydrogens is 464 g/mol. The van der Waals surface area contributed by atoms with Crippen LogP contribution in [0.1, 0.15) is 28.1 Å². The van der Waals surface area contributed by atoms with Crippen LogP contribution in [0.2, 0.25) is 0 Å². The molecule has 5 nitrogen and oxygen atoms in total. The molecule has 4 rings (SSSR count). The van der Waals surface area contributed by atoms with Crippen molar-refractivity contribution in [2.24, 2.45) is 0 Å². The molecule has 0 bridgehead atoms. The summed E-state index contributed by atoms with van der Waals surface area (Å²) < 4.78 is 82.7. The van der Waals surface area contributed by atoms with Gasteiger partial charge in [-0.2, -0.15) is 26.3 Å². The molecule has 1 aromatic carbocycles. The maximum Gasteiger partial charge on any atom is 0.417 e. The Bertz CT molecular complexity index is 1150. The minimum Gasteiger partial charge on any atom is -0.451 e. The average Bonchev–Trinajstić information content (AvgIpc) is 3.16. The van der Waals surface area contributed by atoms with E-state index in [0.29, 0.717) is 31.9 Å². The summed E-state index contributed by atoms with van der Waals surface area (Å²) in [4.78, 5) is 20.2. The highest BCUT2D eigenvalue weighted by molar-refractivity contribution is 5.92. The van der Waals surface area contributed by atoms with Gasteiger partial charge in [-0.1, -0.05) is 12.1 Å². The van der Waals surface area contributed by atoms with E-state index in [1.54, 1.807) is 9.80 Å². The molecule has 11 heteroatoms. The second-order valence-corrected chi connectivity index (χ2v) is 7.78. The third-order valence-electron chi connectivity index (χ3n) is 5.47. The molecule has 34 heavy (non-hydrogen) atoms. The summed E-state index contributed by atoms with van der Waals surface area (Å²) in [5, 5.41) is 0. The second kappa shape index (κ2) is 9.03. The van der Waals surface area contributed by atoms with E-state index in [9.17, 15) is 31.1 Å². The van der Waals surface area contributed by atoms with Gasteiger partial charge in [0.1, 0.15) is 11.6 Å². The fourth-order valence-corrected chi connectivity index (χ4v) is 3.70. The van der Waals surface area contributed by atoms with Crippen LogP contribution < -0.4 is 4.90 Å². The number of furan rings is 1. The maximum atomic E-state index is 13.0. The van der Waals surface area contributed by atoms with E-state index in [4.69, 9.17) is 4.42 Å². The standard InChI is InChI=1S/C23H19F6N3O2/c24-22(25,26)16-4-1-3-15(13-16)18-6-7-19(34-18)21(33)32-10-2-9-31(11-12-32)20-8-5-17(14-30-20)23(27,28)29/h1,3-8,13-14H,2,9-12H2. The number of benzene rings is 1. The first kappa shape index (κ1) is 23.7. The Balaban J connectivity index is 1.43. The molecule has 1 fully saturated rings. The van der Waals surface area contributed by atoms with E-state index in [1.807, 2.05) is 0 Å². The van der Waals surface area contributed by atoms with Gasteiger partial charge in [-0.25, -0.2) is 4.98 Å². The Kier molecular flexibility index (Phi) is 6.28. The Labute approximate surface area is 190 Å². The van der Waals surface area contributed by atoms with Crippen molar-refractivity contribution in [1.29, 1.82) is 0 Å². The molecule has 0 saturated carbocycles. The lowest BCUT2D eigenvalue weighted by Crippen LogP contribution is -2.35. The van der Waals surface area contributed by atoms with Crippen LogP contribution in [0.5, 0.6) is 0 Å². The molecule has 0 N–H and O–H groups in total. The molecule has 0 atom stereocenters. The minimum absolute atomic E-state index is 0.00600. The van der Waals surface area contributed by atoms with Crippen LogP contribution in [0.4, 0.5) is 32.2 Å². The van der Waals surface area contributed by atoms with E-state index in [-0.39, 0.29) is 23.6 Å². The highest BCUT2D eigenvalue weighted by Crippen LogP contribution is 2.33. The van der Waals surface area contributed by atoms with Gasteiger partial charge in [0, 0.05) is 37.9 Å². The van der Waals surface area contributed by atoms with E-state index in [2.05, 4.69) is 4.98 Å². The number of hydrogen-bond acceptors (Lipinski definition) is 4. The number of carbonyl (C=O) groups is 1. The molecular formula is C23H19F6N3O2. The Morgan fingerprint density at radius 2 is 1.62 bits per heavy atom. The van der Waals surface area contributed by atoms with Gasteiger partial charge in [-0.3, -0.25) is 4.79 Å². The zero-order valence-electron chi connectivity index (χ0n) is 17.7. The van der Waals surface area contributed by atoms with Gasteiger partial charge in [0.2, 0.25) is 0 Å².